The lowest BCUT2D eigenvalue weighted by Crippen LogP contribution is -1.85. The zero-order chi connectivity index (χ0) is 16.6. The number of fused-ring (bicyclic) bond motifs is 3. The van der Waals surface area contributed by atoms with E-state index in [0.29, 0.717) is 0 Å². The van der Waals surface area contributed by atoms with Gasteiger partial charge in [-0.05, 0) is 47.5 Å². The van der Waals surface area contributed by atoms with Gasteiger partial charge in [-0.2, -0.15) is 0 Å². The molecule has 3 nitrogen and oxygen atoms in total. The van der Waals surface area contributed by atoms with Crippen LogP contribution in [0.4, 0.5) is 0 Å². The number of benzene rings is 3. The van der Waals surface area contributed by atoms with E-state index >= 15 is 0 Å². The average molecular weight is 322 g/mol. The first-order valence-electron chi connectivity index (χ1n) is 8.18. The Kier molecular flexibility index (Phi) is 3.10. The summed E-state index contributed by atoms with van der Waals surface area (Å²) < 4.78 is 5.99. The monoisotopic (exact) mass is 322 g/mol. The summed E-state index contributed by atoms with van der Waals surface area (Å²) in [4.78, 5) is 8.69. The molecular weight excluding hydrogens is 308 g/mol. The third-order valence-electron chi connectivity index (χ3n) is 4.40. The van der Waals surface area contributed by atoms with E-state index in [2.05, 4.69) is 52.4 Å². The number of hydrogen-bond acceptors (Lipinski definition) is 3. The Hall–Kier alpha value is -3.46. The highest BCUT2D eigenvalue weighted by Gasteiger charge is 2.10. The first-order valence-corrected chi connectivity index (χ1v) is 8.18. The van der Waals surface area contributed by atoms with Crippen molar-refractivity contribution in [3.8, 4) is 22.5 Å². The summed E-state index contributed by atoms with van der Waals surface area (Å²) in [5.74, 6) is 0.720. The summed E-state index contributed by atoms with van der Waals surface area (Å²) in [7, 11) is 0. The molecule has 0 fully saturated rings. The van der Waals surface area contributed by atoms with Gasteiger partial charge in [-0.1, -0.05) is 36.4 Å². The lowest BCUT2D eigenvalue weighted by molar-refractivity contribution is 0.669. The third-order valence-corrected chi connectivity index (χ3v) is 4.40. The normalized spacial score (nSPS) is 11.2. The molecule has 118 valence electrons. The molecule has 0 saturated carbocycles. The van der Waals surface area contributed by atoms with E-state index in [0.717, 1.165) is 33.3 Å². The van der Waals surface area contributed by atoms with E-state index in [1.165, 1.54) is 11.1 Å². The number of rotatable bonds is 2. The molecule has 3 heteroatoms. The van der Waals surface area contributed by atoms with Crippen LogP contribution >= 0.6 is 0 Å². The van der Waals surface area contributed by atoms with Crippen LogP contribution < -0.4 is 0 Å². The molecule has 3 aromatic carbocycles. The second-order valence-electron chi connectivity index (χ2n) is 5.96. The van der Waals surface area contributed by atoms with Crippen LogP contribution in [0.15, 0.2) is 89.6 Å². The molecule has 0 unspecified atom stereocenters. The average Bonchev–Trinajstić information content (AvgIpc) is 3.06. The van der Waals surface area contributed by atoms with Crippen LogP contribution in [-0.4, -0.2) is 9.97 Å². The molecule has 0 amide bonds. The smallest absolute Gasteiger partial charge is 0.159 e. The van der Waals surface area contributed by atoms with Gasteiger partial charge in [0, 0.05) is 28.7 Å². The first kappa shape index (κ1) is 13.9. The van der Waals surface area contributed by atoms with Gasteiger partial charge in [-0.3, -0.25) is 0 Å². The fourth-order valence-corrected chi connectivity index (χ4v) is 3.17. The molecule has 5 rings (SSSR count). The zero-order valence-corrected chi connectivity index (χ0v) is 13.4. The van der Waals surface area contributed by atoms with Gasteiger partial charge in [0.1, 0.15) is 11.2 Å². The fourth-order valence-electron chi connectivity index (χ4n) is 3.17. The Bertz CT molecular complexity index is 1080. The zero-order valence-electron chi connectivity index (χ0n) is 13.4. The summed E-state index contributed by atoms with van der Waals surface area (Å²) in [5, 5.41) is 2.19. The summed E-state index contributed by atoms with van der Waals surface area (Å²) in [6, 6.07) is 24.6. The SMILES string of the molecule is c1ccc(-c2ccc3oc4ccc(-c5ncccn5)cc4c3c2)cc1. The highest BCUT2D eigenvalue weighted by Crippen LogP contribution is 2.34. The minimum Gasteiger partial charge on any atom is -0.456 e. The molecule has 0 spiro atoms. The summed E-state index contributed by atoms with van der Waals surface area (Å²) in [6.45, 7) is 0. The predicted octanol–water partition coefficient (Wildman–Crippen LogP) is 5.71. The predicted molar refractivity (Wildman–Crippen MR) is 100 cm³/mol. The molecule has 5 aromatic rings. The minimum absolute atomic E-state index is 0.720. The lowest BCUT2D eigenvalue weighted by Gasteiger charge is -2.01. The maximum Gasteiger partial charge on any atom is 0.159 e. The van der Waals surface area contributed by atoms with E-state index < -0.39 is 0 Å². The van der Waals surface area contributed by atoms with E-state index in [4.69, 9.17) is 4.42 Å². The number of furan rings is 1. The Balaban J connectivity index is 1.73. The van der Waals surface area contributed by atoms with Crippen molar-refractivity contribution in [2.75, 3.05) is 0 Å². The van der Waals surface area contributed by atoms with Crippen molar-refractivity contribution in [2.24, 2.45) is 0 Å². The van der Waals surface area contributed by atoms with Gasteiger partial charge >= 0.3 is 0 Å². The van der Waals surface area contributed by atoms with Crippen LogP contribution in [-0.2, 0) is 0 Å². The number of nitrogens with zero attached hydrogens (tertiary/aromatic N) is 2. The largest absolute Gasteiger partial charge is 0.456 e. The highest BCUT2D eigenvalue weighted by molar-refractivity contribution is 6.07. The quantitative estimate of drug-likeness (QED) is 0.418. The number of aromatic nitrogens is 2. The van der Waals surface area contributed by atoms with Crippen molar-refractivity contribution >= 4 is 21.9 Å². The Labute approximate surface area is 144 Å². The molecule has 0 atom stereocenters. The molecule has 2 aromatic heterocycles. The maximum absolute atomic E-state index is 5.99. The van der Waals surface area contributed by atoms with Crippen molar-refractivity contribution in [3.05, 3.63) is 85.2 Å². The van der Waals surface area contributed by atoms with Crippen LogP contribution in [0.1, 0.15) is 0 Å². The second-order valence-corrected chi connectivity index (χ2v) is 5.96. The molecule has 25 heavy (non-hydrogen) atoms. The second kappa shape index (κ2) is 5.56. The van der Waals surface area contributed by atoms with Crippen LogP contribution in [0, 0.1) is 0 Å². The van der Waals surface area contributed by atoms with Crippen molar-refractivity contribution in [3.63, 3.8) is 0 Å². The summed E-state index contributed by atoms with van der Waals surface area (Å²) in [5.41, 5.74) is 5.13. The molecule has 0 saturated heterocycles. The van der Waals surface area contributed by atoms with Gasteiger partial charge in [0.25, 0.3) is 0 Å². The fraction of sp³-hybridized carbons (Fsp3) is 0. The van der Waals surface area contributed by atoms with Crippen LogP contribution in [0.3, 0.4) is 0 Å². The van der Waals surface area contributed by atoms with Crippen LogP contribution in [0.25, 0.3) is 44.5 Å². The first-order chi connectivity index (χ1) is 12.4. The van der Waals surface area contributed by atoms with Crippen LogP contribution in [0.2, 0.25) is 0 Å². The van der Waals surface area contributed by atoms with Gasteiger partial charge < -0.3 is 4.42 Å². The van der Waals surface area contributed by atoms with Crippen molar-refractivity contribution in [2.45, 2.75) is 0 Å². The van der Waals surface area contributed by atoms with E-state index in [9.17, 15) is 0 Å². The van der Waals surface area contributed by atoms with Gasteiger partial charge in [-0.25, -0.2) is 9.97 Å². The molecule has 0 aliphatic heterocycles. The van der Waals surface area contributed by atoms with Crippen molar-refractivity contribution < 1.29 is 4.42 Å². The Morgan fingerprint density at radius 1 is 0.560 bits per heavy atom. The molecular formula is C22H14N2O. The maximum atomic E-state index is 5.99. The van der Waals surface area contributed by atoms with Gasteiger partial charge in [-0.15, -0.1) is 0 Å². The standard InChI is InChI=1S/C22H14N2O/c1-2-5-15(6-3-1)16-7-9-20-18(13-16)19-14-17(8-10-21(19)25-20)22-23-11-4-12-24-22/h1-14H. The van der Waals surface area contributed by atoms with Gasteiger partial charge in [0.15, 0.2) is 5.82 Å². The molecule has 0 N–H and O–H groups in total. The van der Waals surface area contributed by atoms with E-state index in [1.54, 1.807) is 12.4 Å². The van der Waals surface area contributed by atoms with Crippen molar-refractivity contribution in [1.29, 1.82) is 0 Å². The third kappa shape index (κ3) is 2.37. The molecule has 2 heterocycles. The van der Waals surface area contributed by atoms with E-state index in [1.807, 2.05) is 30.3 Å². The van der Waals surface area contributed by atoms with Gasteiger partial charge in [0.2, 0.25) is 0 Å². The van der Waals surface area contributed by atoms with Gasteiger partial charge in [0.05, 0.1) is 0 Å². The molecule has 0 bridgehead atoms. The van der Waals surface area contributed by atoms with Crippen LogP contribution in [0.5, 0.6) is 0 Å². The number of hydrogen-bond donors (Lipinski definition) is 0. The van der Waals surface area contributed by atoms with Crippen molar-refractivity contribution in [1.82, 2.24) is 9.97 Å². The summed E-state index contributed by atoms with van der Waals surface area (Å²) >= 11 is 0. The Morgan fingerprint density at radius 2 is 1.20 bits per heavy atom. The molecule has 0 aliphatic rings. The highest BCUT2D eigenvalue weighted by atomic mass is 16.3. The Morgan fingerprint density at radius 3 is 1.92 bits per heavy atom. The van der Waals surface area contributed by atoms with E-state index in [-0.39, 0.29) is 0 Å². The molecule has 0 aliphatic carbocycles. The topological polar surface area (TPSA) is 38.9 Å². The molecule has 0 radical (unpaired) electrons. The summed E-state index contributed by atoms with van der Waals surface area (Å²) in [6.07, 6.45) is 3.51. The lowest BCUT2D eigenvalue weighted by atomic mass is 10.0. The minimum atomic E-state index is 0.720.